The average molecular weight is 511 g/mol. The lowest BCUT2D eigenvalue weighted by atomic mass is 9.64. The third-order valence-corrected chi connectivity index (χ3v) is 10.0. The minimum absolute atomic E-state index is 0.169. The van der Waals surface area contributed by atoms with Crippen molar-refractivity contribution < 1.29 is 14.2 Å². The van der Waals surface area contributed by atoms with Gasteiger partial charge in [-0.3, -0.25) is 4.79 Å². The molecule has 1 saturated carbocycles. The van der Waals surface area contributed by atoms with Gasteiger partial charge in [-0.15, -0.1) is 0 Å². The molecular formula is C30H38ClFN3O+. The summed E-state index contributed by atoms with van der Waals surface area (Å²) >= 11 is 6.21. The summed E-state index contributed by atoms with van der Waals surface area (Å²) in [5, 5.41) is 3.98. The summed E-state index contributed by atoms with van der Waals surface area (Å²) in [6.45, 7) is 2.19. The predicted molar refractivity (Wildman–Crippen MR) is 140 cm³/mol. The number of nitrogens with zero attached hydrogens (tertiary/aromatic N) is 1. The van der Waals surface area contributed by atoms with Crippen molar-refractivity contribution in [3.63, 3.8) is 0 Å². The number of piperidine rings is 1. The average Bonchev–Trinajstić information content (AvgIpc) is 3.35. The summed E-state index contributed by atoms with van der Waals surface area (Å²) in [6, 6.07) is 14.9. The molecule has 1 aromatic heterocycles. The van der Waals surface area contributed by atoms with Gasteiger partial charge in [0.05, 0.1) is 5.92 Å². The van der Waals surface area contributed by atoms with Crippen LogP contribution in [-0.2, 0) is 10.2 Å². The largest absolute Gasteiger partial charge is 0.339 e. The molecule has 2 aliphatic heterocycles. The van der Waals surface area contributed by atoms with E-state index in [1.807, 2.05) is 12.1 Å². The Balaban J connectivity index is 1.31. The first-order chi connectivity index (χ1) is 17.6. The highest BCUT2D eigenvalue weighted by molar-refractivity contribution is 6.28. The van der Waals surface area contributed by atoms with Crippen LogP contribution in [0.4, 0.5) is 4.39 Å². The van der Waals surface area contributed by atoms with Crippen molar-refractivity contribution in [1.82, 2.24) is 10.2 Å². The molecule has 3 heterocycles. The van der Waals surface area contributed by atoms with E-state index in [4.69, 9.17) is 11.6 Å². The first-order valence-corrected chi connectivity index (χ1v) is 14.4. The minimum Gasteiger partial charge on any atom is -0.339 e. The number of nitrogens with one attached hydrogen (secondary N) is 2. The first kappa shape index (κ1) is 24.4. The van der Waals surface area contributed by atoms with Crippen LogP contribution in [0.1, 0.15) is 86.7 Å². The molecule has 2 aliphatic carbocycles. The zero-order valence-corrected chi connectivity index (χ0v) is 21.8. The van der Waals surface area contributed by atoms with E-state index in [2.05, 4.69) is 45.5 Å². The SMILES string of the molecule is O=C([C@@H]1CNC[C@]12CC[C@@H](F)c1[nH+]c(Cl)ccc12)N1CC[C@@H](c2ccccc2)C[C@H]1C1CCCCC1. The second kappa shape index (κ2) is 10.1. The molecule has 4 nitrogen and oxygen atoms in total. The number of halogens is 2. The fourth-order valence-electron chi connectivity index (χ4n) is 7.92. The highest BCUT2D eigenvalue weighted by Gasteiger charge is 2.55. The minimum atomic E-state index is -1.06. The highest BCUT2D eigenvalue weighted by Crippen LogP contribution is 2.49. The number of carbonyl (C=O) groups is 1. The van der Waals surface area contributed by atoms with Crippen LogP contribution >= 0.6 is 11.6 Å². The molecule has 0 bridgehead atoms. The Morgan fingerprint density at radius 1 is 1.06 bits per heavy atom. The molecule has 5 atom stereocenters. The lowest BCUT2D eigenvalue weighted by Gasteiger charge is -2.47. The molecule has 4 aliphatic rings. The van der Waals surface area contributed by atoms with E-state index in [9.17, 15) is 9.18 Å². The topological polar surface area (TPSA) is 46.5 Å². The molecule has 1 aromatic carbocycles. The van der Waals surface area contributed by atoms with Gasteiger partial charge < -0.3 is 10.2 Å². The van der Waals surface area contributed by atoms with E-state index in [0.717, 1.165) is 24.9 Å². The van der Waals surface area contributed by atoms with E-state index in [0.29, 0.717) is 54.7 Å². The molecule has 0 radical (unpaired) electrons. The van der Waals surface area contributed by atoms with Gasteiger partial charge in [0.2, 0.25) is 11.6 Å². The highest BCUT2D eigenvalue weighted by atomic mass is 35.5. The summed E-state index contributed by atoms with van der Waals surface area (Å²) < 4.78 is 15.0. The molecular weight excluding hydrogens is 473 g/mol. The van der Waals surface area contributed by atoms with Gasteiger partial charge in [0.1, 0.15) is 0 Å². The van der Waals surface area contributed by atoms with Gasteiger partial charge in [-0.05, 0) is 73.6 Å². The van der Waals surface area contributed by atoms with Crippen LogP contribution < -0.4 is 10.3 Å². The van der Waals surface area contributed by atoms with E-state index in [-0.39, 0.29) is 17.2 Å². The van der Waals surface area contributed by atoms with Crippen LogP contribution in [0.2, 0.25) is 5.15 Å². The van der Waals surface area contributed by atoms with Gasteiger partial charge in [-0.1, -0.05) is 49.6 Å². The summed E-state index contributed by atoms with van der Waals surface area (Å²) in [5.74, 6) is 1.20. The number of aromatic nitrogens is 1. The maximum absolute atomic E-state index is 15.0. The van der Waals surface area contributed by atoms with Gasteiger partial charge in [0.25, 0.3) is 5.15 Å². The van der Waals surface area contributed by atoms with E-state index in [1.54, 1.807) is 0 Å². The second-order valence-corrected chi connectivity index (χ2v) is 12.0. The van der Waals surface area contributed by atoms with Crippen LogP contribution in [0.15, 0.2) is 42.5 Å². The van der Waals surface area contributed by atoms with Gasteiger partial charge >= 0.3 is 0 Å². The number of carbonyl (C=O) groups excluding carboxylic acids is 1. The normalized spacial score (nSPS) is 33.0. The van der Waals surface area contributed by atoms with Crippen LogP contribution in [0.5, 0.6) is 0 Å². The lowest BCUT2D eigenvalue weighted by Crippen LogP contribution is -2.55. The predicted octanol–water partition coefficient (Wildman–Crippen LogP) is 5.77. The molecule has 2 aromatic rings. The summed E-state index contributed by atoms with van der Waals surface area (Å²) in [7, 11) is 0. The van der Waals surface area contributed by atoms with Crippen molar-refractivity contribution >= 4 is 17.5 Å². The van der Waals surface area contributed by atoms with E-state index in [1.165, 1.54) is 37.7 Å². The van der Waals surface area contributed by atoms with Crippen molar-refractivity contribution in [1.29, 1.82) is 0 Å². The quantitative estimate of drug-likeness (QED) is 0.533. The first-order valence-electron chi connectivity index (χ1n) is 14.0. The van der Waals surface area contributed by atoms with Gasteiger partial charge in [0.15, 0.2) is 6.17 Å². The Hall–Kier alpha value is -1.98. The van der Waals surface area contributed by atoms with Crippen molar-refractivity contribution in [2.75, 3.05) is 19.6 Å². The maximum Gasteiger partial charge on any atom is 0.273 e. The summed E-state index contributed by atoms with van der Waals surface area (Å²) in [6.07, 6.45) is 8.44. The van der Waals surface area contributed by atoms with Crippen LogP contribution in [-0.4, -0.2) is 36.5 Å². The molecule has 3 fully saturated rings. The number of rotatable bonds is 3. The number of fused-ring (bicyclic) bond motifs is 2. The lowest BCUT2D eigenvalue weighted by molar-refractivity contribution is -0.397. The number of hydrogen-bond donors (Lipinski definition) is 1. The monoisotopic (exact) mass is 510 g/mol. The van der Waals surface area contributed by atoms with Gasteiger partial charge in [-0.25, -0.2) is 4.39 Å². The van der Waals surface area contributed by atoms with Crippen molar-refractivity contribution in [2.45, 2.75) is 81.3 Å². The van der Waals surface area contributed by atoms with E-state index >= 15 is 0 Å². The molecule has 6 heteroatoms. The standard InChI is InChI=1S/C30H37ClFN3O/c31-27-12-11-23-28(34-27)25(32)13-15-30(23)19-33-18-24(30)29(36)35-16-14-22(20-7-3-1-4-8-20)17-26(35)21-9-5-2-6-10-21/h1,3-4,7-8,11-12,21-22,24-26,33H,2,5-6,9-10,13-19H2/p+1/t22-,24+,25-,26+,30+/m1/s1. The van der Waals surface area contributed by atoms with Crippen molar-refractivity contribution in [3.8, 4) is 0 Å². The Morgan fingerprint density at radius 2 is 1.86 bits per heavy atom. The third-order valence-electron chi connectivity index (χ3n) is 9.78. The van der Waals surface area contributed by atoms with Gasteiger partial charge in [0, 0.05) is 42.7 Å². The Labute approximate surface area is 219 Å². The zero-order valence-electron chi connectivity index (χ0n) is 21.0. The number of hydrogen-bond acceptors (Lipinski definition) is 2. The fraction of sp³-hybridized carbons (Fsp3) is 0.600. The summed E-state index contributed by atoms with van der Waals surface area (Å²) in [5.41, 5.74) is 2.56. The van der Waals surface area contributed by atoms with Crippen LogP contribution in [0.3, 0.4) is 0 Å². The molecule has 0 unspecified atom stereocenters. The summed E-state index contributed by atoms with van der Waals surface area (Å²) in [4.78, 5) is 19.8. The number of benzene rings is 1. The number of likely N-dealkylation sites (tertiary alicyclic amines) is 1. The molecule has 2 saturated heterocycles. The second-order valence-electron chi connectivity index (χ2n) is 11.6. The van der Waals surface area contributed by atoms with Crippen LogP contribution in [0, 0.1) is 11.8 Å². The van der Waals surface area contributed by atoms with Gasteiger partial charge in [-0.2, -0.15) is 4.98 Å². The van der Waals surface area contributed by atoms with Crippen LogP contribution in [0.25, 0.3) is 0 Å². The smallest absolute Gasteiger partial charge is 0.273 e. The molecule has 2 N–H and O–H groups in total. The van der Waals surface area contributed by atoms with Crippen molar-refractivity contribution in [3.05, 3.63) is 64.4 Å². The number of pyridine rings is 1. The molecule has 192 valence electrons. The van der Waals surface area contributed by atoms with E-state index < -0.39 is 6.17 Å². The zero-order chi connectivity index (χ0) is 24.7. The number of amides is 1. The number of alkyl halides is 1. The Kier molecular flexibility index (Phi) is 6.81. The maximum atomic E-state index is 15.0. The molecule has 1 amide bonds. The van der Waals surface area contributed by atoms with Crippen molar-refractivity contribution in [2.24, 2.45) is 11.8 Å². The Bertz CT molecular complexity index is 1090. The Morgan fingerprint density at radius 3 is 2.67 bits per heavy atom. The fourth-order valence-corrected chi connectivity index (χ4v) is 8.09. The number of H-pyrrole nitrogens is 1. The molecule has 36 heavy (non-hydrogen) atoms. The number of aromatic amines is 1. The molecule has 6 rings (SSSR count). The molecule has 1 spiro atoms. The third kappa shape index (κ3) is 4.26.